The number of nitrogens with zero attached hydrogens (tertiary/aromatic N) is 1. The zero-order chi connectivity index (χ0) is 21.8. The smallest absolute Gasteiger partial charge is 0.469 e. The van der Waals surface area contributed by atoms with Gasteiger partial charge in [-0.3, -0.25) is 0 Å². The summed E-state index contributed by atoms with van der Waals surface area (Å²) >= 11 is 0. The molecule has 1 heterocycles. The third kappa shape index (κ3) is 5.52. The van der Waals surface area contributed by atoms with E-state index in [4.69, 9.17) is 4.74 Å². The lowest BCUT2D eigenvalue weighted by Gasteiger charge is -2.36. The van der Waals surface area contributed by atoms with E-state index in [9.17, 15) is 28.1 Å². The first kappa shape index (κ1) is 22.3. The molecule has 160 valence electrons. The third-order valence-corrected chi connectivity index (χ3v) is 4.16. The van der Waals surface area contributed by atoms with Crippen LogP contribution in [0.15, 0.2) is 18.2 Å². The summed E-state index contributed by atoms with van der Waals surface area (Å²) in [4.78, 5) is 26.0. The number of alkyl halides is 3. The molecule has 0 saturated carbocycles. The maximum Gasteiger partial charge on any atom is 0.508 e. The molecule has 0 aliphatic carbocycles. The molecule has 11 heteroatoms. The topological polar surface area (TPSA) is 97.1 Å². The first-order valence-electron chi connectivity index (χ1n) is 8.60. The van der Waals surface area contributed by atoms with Gasteiger partial charge in [0.1, 0.15) is 18.5 Å². The molecule has 8 nitrogen and oxygen atoms in total. The van der Waals surface area contributed by atoms with Gasteiger partial charge in [0.2, 0.25) is 0 Å². The molecular weight excluding hydrogens is 399 g/mol. The second kappa shape index (κ2) is 8.58. The molecule has 0 bridgehead atoms. The van der Waals surface area contributed by atoms with Crippen molar-refractivity contribution in [1.29, 1.82) is 0 Å². The number of halogens is 3. The van der Waals surface area contributed by atoms with Gasteiger partial charge in [0.15, 0.2) is 0 Å². The summed E-state index contributed by atoms with van der Waals surface area (Å²) in [6.45, 7) is 3.32. The quantitative estimate of drug-likeness (QED) is 0.372. The number of benzene rings is 1. The lowest BCUT2D eigenvalue weighted by molar-refractivity contribution is -0.767. The summed E-state index contributed by atoms with van der Waals surface area (Å²) in [5, 5.41) is 9.17. The van der Waals surface area contributed by atoms with Crippen molar-refractivity contribution in [2.45, 2.75) is 45.1 Å². The largest absolute Gasteiger partial charge is 0.508 e. The van der Waals surface area contributed by atoms with E-state index in [1.54, 1.807) is 19.1 Å². The van der Waals surface area contributed by atoms with E-state index < -0.39 is 35.7 Å². The Morgan fingerprint density at radius 1 is 1.31 bits per heavy atom. The Labute approximate surface area is 164 Å². The molecular formula is C18H20F3NO7. The van der Waals surface area contributed by atoms with Crippen LogP contribution in [0.3, 0.4) is 0 Å². The van der Waals surface area contributed by atoms with Crippen molar-refractivity contribution in [2.24, 2.45) is 0 Å². The second-order valence-electron chi connectivity index (χ2n) is 6.64. The fourth-order valence-electron chi connectivity index (χ4n) is 2.72. The minimum atomic E-state index is -4.87. The Hall–Kier alpha value is -2.98. The van der Waals surface area contributed by atoms with Crippen LogP contribution in [0, 0.1) is 24.0 Å². The molecule has 0 N–H and O–H groups in total. The monoisotopic (exact) mass is 419 g/mol. The summed E-state index contributed by atoms with van der Waals surface area (Å²) in [7, 11) is 0. The number of carbonyl (C=O) groups excluding carboxylic acids is 1. The lowest BCUT2D eigenvalue weighted by atomic mass is 9.95. The molecule has 2 rings (SSSR count). The summed E-state index contributed by atoms with van der Waals surface area (Å²) in [6, 6.07) is 3.37. The van der Waals surface area contributed by atoms with Crippen LogP contribution in [0.5, 0.6) is 5.75 Å². The first-order chi connectivity index (χ1) is 13.4. The van der Waals surface area contributed by atoms with Gasteiger partial charge in [-0.15, -0.1) is 10.1 Å². The molecule has 2 atom stereocenters. The van der Waals surface area contributed by atoms with E-state index in [1.165, 1.54) is 13.0 Å². The van der Waals surface area contributed by atoms with Gasteiger partial charge >= 0.3 is 12.3 Å². The van der Waals surface area contributed by atoms with Gasteiger partial charge in [-0.1, -0.05) is 17.7 Å². The van der Waals surface area contributed by atoms with Crippen molar-refractivity contribution in [3.63, 3.8) is 0 Å². The summed E-state index contributed by atoms with van der Waals surface area (Å²) in [6.07, 6.45) is -5.04. The van der Waals surface area contributed by atoms with E-state index in [1.807, 2.05) is 6.92 Å². The number of hydrogen-bond acceptors (Lipinski definition) is 7. The van der Waals surface area contributed by atoms with Crippen molar-refractivity contribution in [3.05, 3.63) is 45.0 Å². The number of carbonyl (C=O) groups is 1. The Morgan fingerprint density at radius 3 is 2.62 bits per heavy atom. The average molecular weight is 419 g/mol. The number of rotatable bonds is 7. The van der Waals surface area contributed by atoms with Crippen LogP contribution in [-0.4, -0.2) is 42.3 Å². The average Bonchev–Trinajstić information content (AvgIpc) is 2.58. The van der Waals surface area contributed by atoms with Gasteiger partial charge in [-0.05, 0) is 38.5 Å². The van der Waals surface area contributed by atoms with Gasteiger partial charge in [-0.2, -0.15) is 13.2 Å². The molecule has 1 aromatic rings. The second-order valence-corrected chi connectivity index (χ2v) is 6.64. The molecule has 1 aliphatic rings. The Bertz CT molecular complexity index is 809. The van der Waals surface area contributed by atoms with Crippen molar-refractivity contribution in [2.75, 3.05) is 13.2 Å². The van der Waals surface area contributed by atoms with Crippen molar-refractivity contribution >= 4 is 12.2 Å². The summed E-state index contributed by atoms with van der Waals surface area (Å²) in [5.41, 5.74) is -0.990. The molecule has 29 heavy (non-hydrogen) atoms. The van der Waals surface area contributed by atoms with Crippen LogP contribution in [-0.2, 0) is 14.3 Å². The number of ether oxygens (including phenoxy) is 3. The van der Waals surface area contributed by atoms with Crippen LogP contribution in [0.2, 0.25) is 0 Å². The van der Waals surface area contributed by atoms with Crippen LogP contribution >= 0.6 is 0 Å². The molecule has 0 amide bonds. The van der Waals surface area contributed by atoms with E-state index in [2.05, 4.69) is 14.3 Å². The standard InChI is InChI=1S/C18H20F3NO7/c1-11-8-12(2)15-14(9-11)4-6-17(28-15,18(19,20)21)10-27-16(23)26-7-5-13(3)29-22(24)25/h4,6,8-9,13H,5,7,10H2,1-3H3/t13?,17-/m0/s1. The van der Waals surface area contributed by atoms with E-state index in [0.717, 1.165) is 11.6 Å². The van der Waals surface area contributed by atoms with Crippen LogP contribution in [0.25, 0.3) is 6.08 Å². The maximum atomic E-state index is 13.7. The zero-order valence-electron chi connectivity index (χ0n) is 15.9. The number of fused-ring (bicyclic) bond motifs is 1. The van der Waals surface area contributed by atoms with Crippen LogP contribution in [0.4, 0.5) is 18.0 Å². The Balaban J connectivity index is 2.02. The van der Waals surface area contributed by atoms with Gasteiger partial charge in [0, 0.05) is 12.0 Å². The maximum absolute atomic E-state index is 13.7. The SMILES string of the molecule is Cc1cc(C)c2c(c1)C=C[C@](COC(=O)OCCC(C)O[N+](=O)[O-])(C(F)(F)F)O2. The van der Waals surface area contributed by atoms with Crippen molar-refractivity contribution in [1.82, 2.24) is 0 Å². The van der Waals surface area contributed by atoms with Crippen molar-refractivity contribution in [3.8, 4) is 5.75 Å². The fourth-order valence-corrected chi connectivity index (χ4v) is 2.72. The molecule has 0 fully saturated rings. The Morgan fingerprint density at radius 2 is 2.00 bits per heavy atom. The minimum Gasteiger partial charge on any atom is -0.469 e. The van der Waals surface area contributed by atoms with E-state index in [-0.39, 0.29) is 18.8 Å². The predicted octanol–water partition coefficient (Wildman–Crippen LogP) is 4.15. The van der Waals surface area contributed by atoms with Gasteiger partial charge in [0.05, 0.1) is 6.61 Å². The van der Waals surface area contributed by atoms with Gasteiger partial charge in [-0.25, -0.2) is 4.79 Å². The fraction of sp³-hybridized carbons (Fsp3) is 0.500. The predicted molar refractivity (Wildman–Crippen MR) is 93.8 cm³/mol. The highest BCUT2D eigenvalue weighted by Gasteiger charge is 2.58. The van der Waals surface area contributed by atoms with Crippen molar-refractivity contribution < 1.29 is 42.1 Å². The molecule has 1 aromatic carbocycles. The molecule has 0 spiro atoms. The summed E-state index contributed by atoms with van der Waals surface area (Å²) < 4.78 is 55.8. The summed E-state index contributed by atoms with van der Waals surface area (Å²) in [5.74, 6) is 0.0538. The number of aryl methyl sites for hydroxylation is 2. The van der Waals surface area contributed by atoms with E-state index >= 15 is 0 Å². The van der Waals surface area contributed by atoms with E-state index in [0.29, 0.717) is 11.1 Å². The van der Waals surface area contributed by atoms with Gasteiger partial charge < -0.3 is 19.0 Å². The third-order valence-electron chi connectivity index (χ3n) is 4.16. The molecule has 1 unspecified atom stereocenters. The molecule has 0 aromatic heterocycles. The molecule has 0 saturated heterocycles. The van der Waals surface area contributed by atoms with Crippen LogP contribution in [0.1, 0.15) is 30.0 Å². The van der Waals surface area contributed by atoms with Gasteiger partial charge in [0.25, 0.3) is 10.7 Å². The normalized spacial score (nSPS) is 19.0. The molecule has 1 aliphatic heterocycles. The first-order valence-corrected chi connectivity index (χ1v) is 8.60. The molecule has 0 radical (unpaired) electrons. The Kier molecular flexibility index (Phi) is 6.60. The number of hydrogen-bond donors (Lipinski definition) is 0. The highest BCUT2D eigenvalue weighted by atomic mass is 19.4. The lowest BCUT2D eigenvalue weighted by Crippen LogP contribution is -2.53. The van der Waals surface area contributed by atoms with Crippen LogP contribution < -0.4 is 4.74 Å². The minimum absolute atomic E-state index is 0.0389. The highest BCUT2D eigenvalue weighted by Crippen LogP contribution is 2.43. The zero-order valence-corrected chi connectivity index (χ0v) is 15.9. The highest BCUT2D eigenvalue weighted by molar-refractivity contribution is 5.65.